The molecule has 0 spiro atoms. The summed E-state index contributed by atoms with van der Waals surface area (Å²) in [6.07, 6.45) is 11.6. The van der Waals surface area contributed by atoms with Gasteiger partial charge < -0.3 is 14.7 Å². The first-order valence-electron chi connectivity index (χ1n) is 10.1. The first kappa shape index (κ1) is 18.4. The highest BCUT2D eigenvalue weighted by molar-refractivity contribution is 6.02. The van der Waals surface area contributed by atoms with E-state index in [0.717, 1.165) is 59.1 Å². The van der Waals surface area contributed by atoms with Crippen molar-refractivity contribution >= 4 is 28.0 Å². The van der Waals surface area contributed by atoms with E-state index < -0.39 is 5.97 Å². The molecule has 30 heavy (non-hydrogen) atoms. The molecule has 0 unspecified atom stereocenters. The second-order valence-corrected chi connectivity index (χ2v) is 7.89. The molecule has 0 atom stereocenters. The van der Waals surface area contributed by atoms with Crippen molar-refractivity contribution in [2.75, 3.05) is 0 Å². The van der Waals surface area contributed by atoms with Crippen molar-refractivity contribution in [3.63, 3.8) is 0 Å². The van der Waals surface area contributed by atoms with Crippen molar-refractivity contribution in [2.24, 2.45) is 5.92 Å². The van der Waals surface area contributed by atoms with Crippen LogP contribution in [0.3, 0.4) is 0 Å². The molecule has 0 radical (unpaired) electrons. The van der Waals surface area contributed by atoms with Gasteiger partial charge in [0.2, 0.25) is 0 Å². The standard InChI is InChI=1S/C21H21N7O2/c22-7-5-13-1-3-15(4-2-13)28-19-16-6-8-23-20(16)24-10-17(19)26-21(28)14-9-25-27(11-14)12-18(29)30/h6,8-11,13,15H,1-5,12H2,(H,23,24)(H,29,30). The summed E-state index contributed by atoms with van der Waals surface area (Å²) in [6.45, 7) is -0.191. The molecule has 0 bridgehead atoms. The molecule has 1 aliphatic rings. The minimum atomic E-state index is -0.938. The number of imidazole rings is 1. The molecule has 9 nitrogen and oxygen atoms in total. The van der Waals surface area contributed by atoms with Crippen LogP contribution in [0.25, 0.3) is 33.5 Å². The predicted molar refractivity (Wildman–Crippen MR) is 109 cm³/mol. The summed E-state index contributed by atoms with van der Waals surface area (Å²) in [6, 6.07) is 4.57. The van der Waals surface area contributed by atoms with Crippen LogP contribution >= 0.6 is 0 Å². The number of hydrogen-bond donors (Lipinski definition) is 2. The van der Waals surface area contributed by atoms with Crippen LogP contribution in [0.15, 0.2) is 30.9 Å². The molecule has 0 aromatic carbocycles. The summed E-state index contributed by atoms with van der Waals surface area (Å²) in [5.41, 5.74) is 3.44. The quantitative estimate of drug-likeness (QED) is 0.525. The Kier molecular flexibility index (Phi) is 4.47. The SMILES string of the molecule is N#CCC1CCC(n2c(-c3cnn(CC(=O)O)c3)nc3cnc4[nH]ccc4c32)CC1. The third kappa shape index (κ3) is 3.10. The van der Waals surface area contributed by atoms with Gasteiger partial charge in [-0.15, -0.1) is 0 Å². The van der Waals surface area contributed by atoms with Crippen molar-refractivity contribution in [3.8, 4) is 17.5 Å². The lowest BCUT2D eigenvalue weighted by molar-refractivity contribution is -0.137. The molecule has 9 heteroatoms. The fourth-order valence-corrected chi connectivity index (χ4v) is 4.59. The van der Waals surface area contributed by atoms with E-state index in [1.807, 2.05) is 12.3 Å². The van der Waals surface area contributed by atoms with Crippen LogP contribution in [0, 0.1) is 17.2 Å². The minimum absolute atomic E-state index is 0.191. The largest absolute Gasteiger partial charge is 0.480 e. The number of carbonyl (C=O) groups is 1. The average Bonchev–Trinajstić information content (AvgIpc) is 3.45. The number of nitriles is 1. The fraction of sp³-hybridized carbons (Fsp3) is 0.381. The van der Waals surface area contributed by atoms with Crippen molar-refractivity contribution in [1.29, 1.82) is 5.26 Å². The number of H-pyrrole nitrogens is 1. The Balaban J connectivity index is 1.63. The monoisotopic (exact) mass is 403 g/mol. The molecule has 4 aromatic heterocycles. The summed E-state index contributed by atoms with van der Waals surface area (Å²) in [5, 5.41) is 23.3. The van der Waals surface area contributed by atoms with Gasteiger partial charge in [0, 0.05) is 30.2 Å². The molecule has 1 saturated carbocycles. The van der Waals surface area contributed by atoms with Gasteiger partial charge in [0.25, 0.3) is 0 Å². The van der Waals surface area contributed by atoms with Gasteiger partial charge in [-0.2, -0.15) is 10.4 Å². The third-order valence-electron chi connectivity index (χ3n) is 5.98. The number of fused-ring (bicyclic) bond motifs is 3. The van der Waals surface area contributed by atoms with Crippen LogP contribution in [0.2, 0.25) is 0 Å². The molecular weight excluding hydrogens is 382 g/mol. The van der Waals surface area contributed by atoms with Crippen LogP contribution < -0.4 is 0 Å². The van der Waals surface area contributed by atoms with Gasteiger partial charge >= 0.3 is 5.97 Å². The van der Waals surface area contributed by atoms with Crippen LogP contribution in [0.1, 0.15) is 38.1 Å². The second kappa shape index (κ2) is 7.30. The first-order valence-corrected chi connectivity index (χ1v) is 10.1. The van der Waals surface area contributed by atoms with Crippen molar-refractivity contribution in [3.05, 3.63) is 30.9 Å². The highest BCUT2D eigenvalue weighted by atomic mass is 16.4. The number of carboxylic acid groups (broad SMARTS) is 1. The Morgan fingerprint density at radius 1 is 1.30 bits per heavy atom. The number of nitrogens with one attached hydrogen (secondary N) is 1. The van der Waals surface area contributed by atoms with Gasteiger partial charge in [0.1, 0.15) is 23.5 Å². The highest BCUT2D eigenvalue weighted by Gasteiger charge is 2.27. The van der Waals surface area contributed by atoms with Gasteiger partial charge in [0.05, 0.1) is 29.5 Å². The molecule has 152 valence electrons. The molecular formula is C21H21N7O2. The van der Waals surface area contributed by atoms with Gasteiger partial charge in [-0.3, -0.25) is 9.48 Å². The van der Waals surface area contributed by atoms with Gasteiger partial charge in [0.15, 0.2) is 0 Å². The maximum Gasteiger partial charge on any atom is 0.325 e. The van der Waals surface area contributed by atoms with E-state index in [0.29, 0.717) is 12.3 Å². The lowest BCUT2D eigenvalue weighted by atomic mass is 9.84. The van der Waals surface area contributed by atoms with Crippen molar-refractivity contribution in [1.82, 2.24) is 29.3 Å². The zero-order valence-electron chi connectivity index (χ0n) is 16.3. The number of hydrogen-bond acceptors (Lipinski definition) is 5. The van der Waals surface area contributed by atoms with Gasteiger partial charge in [-0.05, 0) is 37.7 Å². The Morgan fingerprint density at radius 2 is 2.13 bits per heavy atom. The van der Waals surface area contributed by atoms with E-state index in [9.17, 15) is 4.79 Å². The Hall–Kier alpha value is -3.67. The van der Waals surface area contributed by atoms with E-state index in [2.05, 4.69) is 25.7 Å². The number of carboxylic acids is 1. The second-order valence-electron chi connectivity index (χ2n) is 7.89. The molecule has 4 heterocycles. The van der Waals surface area contributed by atoms with Crippen LogP contribution in [-0.4, -0.2) is 40.4 Å². The van der Waals surface area contributed by atoms with E-state index in [4.69, 9.17) is 15.4 Å². The number of aromatic nitrogens is 6. The summed E-state index contributed by atoms with van der Waals surface area (Å²) < 4.78 is 3.69. The fourth-order valence-electron chi connectivity index (χ4n) is 4.59. The summed E-state index contributed by atoms with van der Waals surface area (Å²) in [7, 11) is 0. The van der Waals surface area contributed by atoms with E-state index in [-0.39, 0.29) is 12.6 Å². The van der Waals surface area contributed by atoms with Crippen molar-refractivity contribution < 1.29 is 9.90 Å². The van der Waals surface area contributed by atoms with E-state index >= 15 is 0 Å². The average molecular weight is 403 g/mol. The normalized spacial score (nSPS) is 19.3. The van der Waals surface area contributed by atoms with Crippen LogP contribution in [0.5, 0.6) is 0 Å². The zero-order valence-corrected chi connectivity index (χ0v) is 16.3. The Labute approximate surface area is 172 Å². The van der Waals surface area contributed by atoms with Gasteiger partial charge in [-0.1, -0.05) is 0 Å². The van der Waals surface area contributed by atoms with Gasteiger partial charge in [-0.25, -0.2) is 9.97 Å². The first-order chi connectivity index (χ1) is 14.6. The number of aromatic amines is 1. The van der Waals surface area contributed by atoms with Crippen molar-refractivity contribution in [2.45, 2.75) is 44.7 Å². The zero-order chi connectivity index (χ0) is 20.7. The Bertz CT molecular complexity index is 1270. The minimum Gasteiger partial charge on any atom is -0.480 e. The van der Waals surface area contributed by atoms with E-state index in [1.165, 1.54) is 4.68 Å². The molecule has 1 fully saturated rings. The number of rotatable bonds is 5. The lowest BCUT2D eigenvalue weighted by Crippen LogP contribution is -2.19. The molecule has 0 aliphatic heterocycles. The topological polar surface area (TPSA) is 125 Å². The predicted octanol–water partition coefficient (Wildman–Crippen LogP) is 3.51. The molecule has 5 rings (SSSR count). The number of pyridine rings is 1. The molecule has 4 aromatic rings. The Morgan fingerprint density at radius 3 is 2.90 bits per heavy atom. The molecule has 0 saturated heterocycles. The number of aliphatic carboxylic acids is 1. The maximum absolute atomic E-state index is 11.1. The lowest BCUT2D eigenvalue weighted by Gasteiger charge is -2.29. The van der Waals surface area contributed by atoms with Crippen LogP contribution in [0.4, 0.5) is 0 Å². The summed E-state index contributed by atoms with van der Waals surface area (Å²) in [4.78, 5) is 23.6. The molecule has 2 N–H and O–H groups in total. The summed E-state index contributed by atoms with van der Waals surface area (Å²) in [5.74, 6) is 0.296. The van der Waals surface area contributed by atoms with Crippen LogP contribution in [-0.2, 0) is 11.3 Å². The molecule has 0 amide bonds. The third-order valence-corrected chi connectivity index (χ3v) is 5.98. The smallest absolute Gasteiger partial charge is 0.325 e. The molecule has 1 aliphatic carbocycles. The number of nitrogens with zero attached hydrogens (tertiary/aromatic N) is 6. The maximum atomic E-state index is 11.1. The van der Waals surface area contributed by atoms with E-state index in [1.54, 1.807) is 18.6 Å². The highest BCUT2D eigenvalue weighted by Crippen LogP contribution is 2.40. The summed E-state index contributed by atoms with van der Waals surface area (Å²) >= 11 is 0.